The van der Waals surface area contributed by atoms with Crippen LogP contribution in [0.1, 0.15) is 22.8 Å². The summed E-state index contributed by atoms with van der Waals surface area (Å²) >= 11 is 14.4. The minimum absolute atomic E-state index is 0.0253. The van der Waals surface area contributed by atoms with Gasteiger partial charge in [-0.05, 0) is 159 Å². The molecule has 0 aliphatic carbocycles. The van der Waals surface area contributed by atoms with E-state index in [4.69, 9.17) is 9.97 Å². The van der Waals surface area contributed by atoms with Crippen LogP contribution >= 0.6 is 63.7 Å². The third-order valence-electron chi connectivity index (χ3n) is 9.67. The standard InChI is InChI=1S/C44H18Br4F8N4/c45-37-38(46)43-35(19-9-25(53)15-26(54)10-19)31-3-4-32(58-31)36(20-11-27(55)16-28(56)12-20)44-40(48)39(47)42(60-44)34(18-7-23(51)14-24(52)8-18)30-2-1-29(57-30)33(41(37)59-43)17-5-21(49)13-22(50)6-17/h1-16,57-58H. The lowest BCUT2D eigenvalue weighted by Gasteiger charge is -2.08. The first-order valence-corrected chi connectivity index (χ1v) is 20.6. The van der Waals surface area contributed by atoms with Gasteiger partial charge in [-0.3, -0.25) is 0 Å². The summed E-state index contributed by atoms with van der Waals surface area (Å²) in [5, 5.41) is 0. The fraction of sp³-hybridized carbons (Fsp3) is 0. The second-order valence-corrected chi connectivity index (χ2v) is 16.7. The number of halogens is 12. The lowest BCUT2D eigenvalue weighted by molar-refractivity contribution is 0.583. The van der Waals surface area contributed by atoms with Crippen LogP contribution in [0.2, 0.25) is 0 Å². The summed E-state index contributed by atoms with van der Waals surface area (Å²) in [7, 11) is 0. The second kappa shape index (κ2) is 15.4. The topological polar surface area (TPSA) is 57.4 Å². The highest BCUT2D eigenvalue weighted by Crippen LogP contribution is 2.50. The van der Waals surface area contributed by atoms with Crippen LogP contribution in [-0.2, 0) is 0 Å². The fourth-order valence-electron chi connectivity index (χ4n) is 7.34. The van der Waals surface area contributed by atoms with Crippen molar-refractivity contribution in [2.24, 2.45) is 0 Å². The number of nitrogens with one attached hydrogen (secondary N) is 2. The molecule has 9 rings (SSSR count). The van der Waals surface area contributed by atoms with E-state index in [0.29, 0.717) is 24.3 Å². The van der Waals surface area contributed by atoms with Crippen LogP contribution in [0.5, 0.6) is 0 Å². The van der Waals surface area contributed by atoms with E-state index < -0.39 is 46.5 Å². The number of nitrogens with zero attached hydrogens (tertiary/aromatic N) is 2. The number of aromatic amines is 2. The summed E-state index contributed by atoms with van der Waals surface area (Å²) in [5.41, 5.74) is 2.02. The molecular weight excluding hydrogens is 1060 g/mol. The summed E-state index contributed by atoms with van der Waals surface area (Å²) in [6.45, 7) is 0. The molecule has 2 aliphatic rings. The molecule has 4 nitrogen and oxygen atoms in total. The van der Waals surface area contributed by atoms with E-state index in [0.717, 1.165) is 48.5 Å². The maximum Gasteiger partial charge on any atom is 0.126 e. The maximum atomic E-state index is 15.0. The number of H-pyrrole nitrogens is 2. The molecule has 0 spiro atoms. The molecule has 3 aromatic heterocycles. The molecule has 0 radical (unpaired) electrons. The van der Waals surface area contributed by atoms with Crippen molar-refractivity contribution in [3.8, 4) is 44.5 Å². The van der Waals surface area contributed by atoms with Crippen LogP contribution in [0.15, 0.2) is 97.1 Å². The van der Waals surface area contributed by atoms with Crippen LogP contribution in [-0.4, -0.2) is 19.9 Å². The van der Waals surface area contributed by atoms with Crippen molar-refractivity contribution in [3.05, 3.63) is 166 Å². The van der Waals surface area contributed by atoms with Gasteiger partial charge < -0.3 is 9.97 Å². The average Bonchev–Trinajstić information content (AvgIpc) is 3.95. The van der Waals surface area contributed by atoms with E-state index in [2.05, 4.69) is 73.7 Å². The molecule has 0 saturated heterocycles. The van der Waals surface area contributed by atoms with Gasteiger partial charge >= 0.3 is 0 Å². The Hall–Kier alpha value is -5.16. The molecule has 0 atom stereocenters. The molecule has 0 saturated carbocycles. The molecule has 0 amide bonds. The Morgan fingerprint density at radius 3 is 0.667 bits per heavy atom. The van der Waals surface area contributed by atoms with E-state index in [1.54, 1.807) is 24.3 Å². The molecule has 2 N–H and O–H groups in total. The molecule has 60 heavy (non-hydrogen) atoms. The molecule has 5 heterocycles. The summed E-state index contributed by atoms with van der Waals surface area (Å²) in [5.74, 6) is -7.26. The Morgan fingerprint density at radius 2 is 0.483 bits per heavy atom. The van der Waals surface area contributed by atoms with Gasteiger partial charge in [0.1, 0.15) is 46.5 Å². The Kier molecular flexibility index (Phi) is 10.3. The minimum Gasteiger partial charge on any atom is -0.354 e. The van der Waals surface area contributed by atoms with Crippen LogP contribution in [0.4, 0.5) is 35.1 Å². The largest absolute Gasteiger partial charge is 0.354 e. The van der Waals surface area contributed by atoms with E-state index in [9.17, 15) is 0 Å². The number of hydrogen-bond acceptors (Lipinski definition) is 2. The zero-order chi connectivity index (χ0) is 42.3. The lowest BCUT2D eigenvalue weighted by atomic mass is 10.0. The number of benzene rings is 4. The predicted octanol–water partition coefficient (Wildman–Crippen LogP) is 15.3. The van der Waals surface area contributed by atoms with Crippen molar-refractivity contribution in [2.75, 3.05) is 0 Å². The van der Waals surface area contributed by atoms with Gasteiger partial charge in [0.25, 0.3) is 0 Å². The van der Waals surface area contributed by atoms with Crippen molar-refractivity contribution in [1.82, 2.24) is 19.9 Å². The minimum atomic E-state index is -0.908. The maximum absolute atomic E-state index is 15.0. The number of hydrogen-bond donors (Lipinski definition) is 2. The van der Waals surface area contributed by atoms with Gasteiger partial charge in [-0.1, -0.05) is 0 Å². The van der Waals surface area contributed by atoms with Crippen molar-refractivity contribution in [1.29, 1.82) is 0 Å². The zero-order valence-corrected chi connectivity index (χ0v) is 36.0. The van der Waals surface area contributed by atoms with Crippen LogP contribution in [0.3, 0.4) is 0 Å². The summed E-state index contributed by atoms with van der Waals surface area (Å²) < 4.78 is 121. The van der Waals surface area contributed by atoms with Crippen molar-refractivity contribution in [2.45, 2.75) is 0 Å². The van der Waals surface area contributed by atoms with E-state index in [1.165, 1.54) is 0 Å². The fourth-order valence-corrected chi connectivity index (χ4v) is 9.24. The highest BCUT2D eigenvalue weighted by Gasteiger charge is 2.29. The second-order valence-electron chi connectivity index (χ2n) is 13.6. The normalized spacial score (nSPS) is 12.9. The molecule has 298 valence electrons. The first kappa shape index (κ1) is 40.3. The molecule has 4 aromatic carbocycles. The Balaban J connectivity index is 1.57. The first-order valence-electron chi connectivity index (χ1n) is 17.4. The van der Waals surface area contributed by atoms with Crippen LogP contribution in [0.25, 0.3) is 84.5 Å². The molecule has 0 unspecified atom stereocenters. The predicted molar refractivity (Wildman–Crippen MR) is 232 cm³/mol. The van der Waals surface area contributed by atoms with Gasteiger partial charge in [0.2, 0.25) is 0 Å². The number of rotatable bonds is 4. The molecule has 16 heteroatoms. The zero-order valence-electron chi connectivity index (χ0n) is 29.7. The Labute approximate surface area is 367 Å². The molecule has 7 aromatic rings. The van der Waals surface area contributed by atoms with Crippen molar-refractivity contribution < 1.29 is 35.1 Å². The smallest absolute Gasteiger partial charge is 0.126 e. The SMILES string of the molecule is Fc1cc(F)cc(-c2c3nc(c(-c4cc(F)cc(F)c4)c4ccc([nH]4)c(-c4cc(F)cc(F)c4)c4nc(c(-c5cc(F)cc(F)c5)c5ccc2[nH]5)C(Br)=C4Br)C(Br)=C3Br)c1. The molecular formula is C44H18Br4F8N4. The van der Waals surface area contributed by atoms with Crippen LogP contribution < -0.4 is 0 Å². The van der Waals surface area contributed by atoms with Crippen molar-refractivity contribution in [3.63, 3.8) is 0 Å². The number of aromatic nitrogens is 4. The van der Waals surface area contributed by atoms with E-state index >= 15 is 35.1 Å². The quantitative estimate of drug-likeness (QED) is 0.173. The molecule has 8 bridgehead atoms. The van der Waals surface area contributed by atoms with Gasteiger partial charge in [0, 0.05) is 68.6 Å². The summed E-state index contributed by atoms with van der Waals surface area (Å²) in [6, 6.07) is 17.8. The monoisotopic (exact) mass is 1070 g/mol. The van der Waals surface area contributed by atoms with Crippen molar-refractivity contribution >= 4 is 104 Å². The van der Waals surface area contributed by atoms with Gasteiger partial charge in [-0.25, -0.2) is 45.1 Å². The highest BCUT2D eigenvalue weighted by molar-refractivity contribution is 9.18. The first-order chi connectivity index (χ1) is 28.6. The third kappa shape index (κ3) is 7.16. The molecule has 2 aliphatic heterocycles. The molecule has 0 fully saturated rings. The van der Waals surface area contributed by atoms with Gasteiger partial charge in [0.15, 0.2) is 0 Å². The number of fused-ring (bicyclic) bond motifs is 8. The highest BCUT2D eigenvalue weighted by atomic mass is 79.9. The Bertz CT molecular complexity index is 2760. The lowest BCUT2D eigenvalue weighted by Crippen LogP contribution is -1.93. The van der Waals surface area contributed by atoms with Gasteiger partial charge in [0.05, 0.1) is 40.7 Å². The van der Waals surface area contributed by atoms with Gasteiger partial charge in [-0.2, -0.15) is 0 Å². The van der Waals surface area contributed by atoms with E-state index in [-0.39, 0.29) is 107 Å². The van der Waals surface area contributed by atoms with Crippen LogP contribution in [0, 0.1) is 46.5 Å². The van der Waals surface area contributed by atoms with Gasteiger partial charge in [-0.15, -0.1) is 0 Å². The third-order valence-corrected chi connectivity index (χ3v) is 13.8. The Morgan fingerprint density at radius 1 is 0.300 bits per heavy atom. The average molecular weight is 1070 g/mol. The summed E-state index contributed by atoms with van der Waals surface area (Å²) in [6.07, 6.45) is 0. The summed E-state index contributed by atoms with van der Waals surface area (Å²) in [4.78, 5) is 16.4. The van der Waals surface area contributed by atoms with E-state index in [1.807, 2.05) is 0 Å².